The molecule has 0 spiro atoms. The third kappa shape index (κ3) is 4.42. The van der Waals surface area contributed by atoms with E-state index in [-0.39, 0.29) is 6.61 Å². The lowest BCUT2D eigenvalue weighted by Gasteiger charge is -2.06. The van der Waals surface area contributed by atoms with Gasteiger partial charge in [-0.2, -0.15) is 13.2 Å². The van der Waals surface area contributed by atoms with Crippen LogP contribution in [0.15, 0.2) is 59.5 Å². The van der Waals surface area contributed by atoms with E-state index >= 15 is 0 Å². The van der Waals surface area contributed by atoms with E-state index in [1.54, 1.807) is 11.8 Å². The van der Waals surface area contributed by atoms with Crippen molar-refractivity contribution in [1.29, 1.82) is 0 Å². The summed E-state index contributed by atoms with van der Waals surface area (Å²) in [5.41, 5.74) is 0.690. The predicted octanol–water partition coefficient (Wildman–Crippen LogP) is 5.61. The topological polar surface area (TPSA) is 33.1 Å². The minimum Gasteiger partial charge on any atom is -0.391 e. The number of nitrogens with zero attached hydrogens (tertiary/aromatic N) is 1. The molecule has 0 atom stereocenters. The van der Waals surface area contributed by atoms with Crippen LogP contribution in [0.4, 0.5) is 13.2 Å². The van der Waals surface area contributed by atoms with Crippen LogP contribution in [0.3, 0.4) is 0 Å². The van der Waals surface area contributed by atoms with Crippen molar-refractivity contribution in [1.82, 2.24) is 4.98 Å². The summed E-state index contributed by atoms with van der Waals surface area (Å²) >= 11 is 2.91. The monoisotopic (exact) mass is 381 g/mol. The molecule has 0 saturated heterocycles. The summed E-state index contributed by atoms with van der Waals surface area (Å²) in [5.74, 6) is 0.594. The molecule has 0 saturated carbocycles. The molecule has 0 radical (unpaired) electrons. The number of rotatable bonds is 5. The van der Waals surface area contributed by atoms with E-state index in [2.05, 4.69) is 4.98 Å². The third-order valence-electron chi connectivity index (χ3n) is 3.50. The van der Waals surface area contributed by atoms with Gasteiger partial charge < -0.3 is 5.11 Å². The second-order valence-corrected chi connectivity index (χ2v) is 7.36. The largest absolute Gasteiger partial charge is 0.416 e. The zero-order valence-corrected chi connectivity index (χ0v) is 14.6. The van der Waals surface area contributed by atoms with Gasteiger partial charge in [0.2, 0.25) is 0 Å². The third-order valence-corrected chi connectivity index (χ3v) is 5.65. The highest BCUT2D eigenvalue weighted by Gasteiger charge is 2.30. The molecule has 0 aliphatic carbocycles. The Labute approximate surface area is 151 Å². The molecule has 1 heterocycles. The molecule has 2 nitrogen and oxygen atoms in total. The van der Waals surface area contributed by atoms with Gasteiger partial charge in [0.05, 0.1) is 22.7 Å². The van der Waals surface area contributed by atoms with Crippen molar-refractivity contribution in [2.45, 2.75) is 23.4 Å². The van der Waals surface area contributed by atoms with Gasteiger partial charge >= 0.3 is 6.18 Å². The molecule has 0 bridgehead atoms. The molecule has 25 heavy (non-hydrogen) atoms. The van der Waals surface area contributed by atoms with Crippen molar-refractivity contribution < 1.29 is 18.3 Å². The van der Waals surface area contributed by atoms with Gasteiger partial charge in [0, 0.05) is 16.2 Å². The van der Waals surface area contributed by atoms with Crippen molar-refractivity contribution >= 4 is 23.1 Å². The number of benzene rings is 2. The average Bonchev–Trinajstić information content (AvgIpc) is 3.03. The molecule has 130 valence electrons. The Balaban J connectivity index is 1.80. The summed E-state index contributed by atoms with van der Waals surface area (Å²) in [4.78, 5) is 6.34. The molecule has 0 aliphatic rings. The normalized spacial score (nSPS) is 11.7. The Hall–Kier alpha value is -1.83. The van der Waals surface area contributed by atoms with E-state index in [0.29, 0.717) is 16.3 Å². The molecule has 7 heteroatoms. The van der Waals surface area contributed by atoms with Crippen LogP contribution in [0.25, 0.3) is 10.6 Å². The van der Waals surface area contributed by atoms with Crippen molar-refractivity contribution in [2.24, 2.45) is 0 Å². The maximum absolute atomic E-state index is 12.7. The highest BCUT2D eigenvalue weighted by molar-refractivity contribution is 7.98. The number of aliphatic hydroxyl groups is 1. The fourth-order valence-electron chi connectivity index (χ4n) is 2.21. The zero-order chi connectivity index (χ0) is 17.9. The summed E-state index contributed by atoms with van der Waals surface area (Å²) in [6.07, 6.45) is -4.35. The summed E-state index contributed by atoms with van der Waals surface area (Å²) in [5, 5.41) is 10.2. The van der Waals surface area contributed by atoms with Crippen LogP contribution in [0.5, 0.6) is 0 Å². The van der Waals surface area contributed by atoms with Crippen LogP contribution in [-0.4, -0.2) is 10.1 Å². The number of hydrogen-bond donors (Lipinski definition) is 1. The van der Waals surface area contributed by atoms with Crippen molar-refractivity contribution in [3.8, 4) is 10.6 Å². The van der Waals surface area contributed by atoms with Crippen LogP contribution in [0.1, 0.15) is 16.1 Å². The molecule has 0 amide bonds. The minimum atomic E-state index is -4.35. The number of halogens is 3. The Kier molecular flexibility index (Phi) is 5.46. The van der Waals surface area contributed by atoms with Gasteiger partial charge in [0.25, 0.3) is 0 Å². The minimum absolute atomic E-state index is 0.136. The van der Waals surface area contributed by atoms with Gasteiger partial charge in [-0.25, -0.2) is 4.98 Å². The van der Waals surface area contributed by atoms with E-state index in [1.165, 1.54) is 23.5 Å². The Morgan fingerprint density at radius 3 is 2.28 bits per heavy atom. The maximum atomic E-state index is 12.7. The van der Waals surface area contributed by atoms with Gasteiger partial charge in [-0.1, -0.05) is 30.3 Å². The lowest BCUT2D eigenvalue weighted by atomic mass is 10.1. The second kappa shape index (κ2) is 7.59. The second-order valence-electron chi connectivity index (χ2n) is 5.22. The van der Waals surface area contributed by atoms with Crippen LogP contribution < -0.4 is 0 Å². The average molecular weight is 381 g/mol. The van der Waals surface area contributed by atoms with Crippen LogP contribution in [-0.2, 0) is 18.5 Å². The first-order valence-electron chi connectivity index (χ1n) is 7.42. The number of alkyl halides is 3. The lowest BCUT2D eigenvalue weighted by molar-refractivity contribution is -0.137. The Morgan fingerprint density at radius 1 is 1.00 bits per heavy atom. The van der Waals surface area contributed by atoms with Gasteiger partial charge in [0.1, 0.15) is 5.01 Å². The Morgan fingerprint density at radius 2 is 1.68 bits per heavy atom. The lowest BCUT2D eigenvalue weighted by Crippen LogP contribution is -2.03. The summed E-state index contributed by atoms with van der Waals surface area (Å²) in [7, 11) is 0. The van der Waals surface area contributed by atoms with E-state index in [4.69, 9.17) is 0 Å². The van der Waals surface area contributed by atoms with Crippen LogP contribution in [0.2, 0.25) is 0 Å². The standard InChI is InChI=1S/C18H14F3NOS2/c19-18(20,21)13-8-6-12(7-9-13)17-22-15(16(10-23)25-17)11-24-14-4-2-1-3-5-14/h1-9,23H,10-11H2. The first-order valence-corrected chi connectivity index (χ1v) is 9.22. The molecule has 3 aromatic rings. The first-order chi connectivity index (χ1) is 12.0. The fraction of sp³-hybridized carbons (Fsp3) is 0.167. The van der Waals surface area contributed by atoms with Crippen molar-refractivity contribution in [3.63, 3.8) is 0 Å². The van der Waals surface area contributed by atoms with E-state index in [0.717, 1.165) is 27.6 Å². The Bertz CT molecular complexity index is 830. The first kappa shape index (κ1) is 18.0. The maximum Gasteiger partial charge on any atom is 0.416 e. The molecule has 1 aromatic heterocycles. The van der Waals surface area contributed by atoms with Crippen LogP contribution >= 0.6 is 23.1 Å². The number of thiazole rings is 1. The molecule has 0 unspecified atom stereocenters. The van der Waals surface area contributed by atoms with E-state index in [1.807, 2.05) is 30.3 Å². The number of thioether (sulfide) groups is 1. The number of hydrogen-bond acceptors (Lipinski definition) is 4. The zero-order valence-electron chi connectivity index (χ0n) is 13.0. The van der Waals surface area contributed by atoms with E-state index < -0.39 is 11.7 Å². The van der Waals surface area contributed by atoms with Crippen LogP contribution in [0, 0.1) is 0 Å². The summed E-state index contributed by atoms with van der Waals surface area (Å²) in [6.45, 7) is -0.136. The highest BCUT2D eigenvalue weighted by Crippen LogP contribution is 2.34. The van der Waals surface area contributed by atoms with Gasteiger partial charge in [-0.3, -0.25) is 0 Å². The van der Waals surface area contributed by atoms with Crippen molar-refractivity contribution in [3.05, 3.63) is 70.7 Å². The van der Waals surface area contributed by atoms with E-state index in [9.17, 15) is 18.3 Å². The molecule has 2 aromatic carbocycles. The molecular weight excluding hydrogens is 367 g/mol. The molecular formula is C18H14F3NOS2. The summed E-state index contributed by atoms with van der Waals surface area (Å²) in [6, 6.07) is 14.7. The SMILES string of the molecule is OCc1sc(-c2ccc(C(F)(F)F)cc2)nc1CSc1ccccc1. The predicted molar refractivity (Wildman–Crippen MR) is 94.5 cm³/mol. The molecule has 3 rings (SSSR count). The van der Waals surface area contributed by atoms with Gasteiger partial charge in [-0.15, -0.1) is 23.1 Å². The molecule has 0 fully saturated rings. The number of aliphatic hydroxyl groups excluding tert-OH is 1. The number of aromatic nitrogens is 1. The van der Waals surface area contributed by atoms with Crippen molar-refractivity contribution in [2.75, 3.05) is 0 Å². The van der Waals surface area contributed by atoms with Gasteiger partial charge in [0.15, 0.2) is 0 Å². The highest BCUT2D eigenvalue weighted by atomic mass is 32.2. The van der Waals surface area contributed by atoms with Gasteiger partial charge in [-0.05, 0) is 24.3 Å². The fourth-order valence-corrected chi connectivity index (χ4v) is 4.14. The summed E-state index contributed by atoms with van der Waals surface area (Å²) < 4.78 is 38.0. The molecule has 1 N–H and O–H groups in total. The molecule has 0 aliphatic heterocycles. The quantitative estimate of drug-likeness (QED) is 0.583. The smallest absolute Gasteiger partial charge is 0.391 e.